The van der Waals surface area contributed by atoms with Crippen molar-refractivity contribution in [2.75, 3.05) is 18.9 Å². The lowest BCUT2D eigenvalue weighted by molar-refractivity contribution is -0.246. The summed E-state index contributed by atoms with van der Waals surface area (Å²) in [5.41, 5.74) is 1.39. The highest BCUT2D eigenvalue weighted by Gasteiger charge is 2.50. The second-order valence-corrected chi connectivity index (χ2v) is 10.4. The number of nitrogens with zero attached hydrogens (tertiary/aromatic N) is 1. The van der Waals surface area contributed by atoms with Gasteiger partial charge in [-0.05, 0) is 11.1 Å². The molecule has 0 amide bonds. The van der Waals surface area contributed by atoms with Gasteiger partial charge >= 0.3 is 5.97 Å². The second-order valence-electron chi connectivity index (χ2n) is 7.94. The fourth-order valence-corrected chi connectivity index (χ4v) is 6.10. The molecular formula is C25H29NO6S2. The minimum atomic E-state index is -0.737. The summed E-state index contributed by atoms with van der Waals surface area (Å²) in [5, 5.41) is 10.2. The number of carbonyl (C=O) groups is 1. The molecule has 0 bridgehead atoms. The van der Waals surface area contributed by atoms with Crippen LogP contribution in [0.15, 0.2) is 65.7 Å². The van der Waals surface area contributed by atoms with Crippen molar-refractivity contribution in [3.05, 3.63) is 71.8 Å². The summed E-state index contributed by atoms with van der Waals surface area (Å²) >= 11 is 3.05. The third kappa shape index (κ3) is 6.84. The van der Waals surface area contributed by atoms with E-state index in [4.69, 9.17) is 18.9 Å². The first-order valence-electron chi connectivity index (χ1n) is 11.2. The summed E-state index contributed by atoms with van der Waals surface area (Å²) in [7, 11) is 0. The Hall–Kier alpha value is -1.88. The molecule has 2 aliphatic heterocycles. The first kappa shape index (κ1) is 25.2. The fourth-order valence-electron chi connectivity index (χ4n) is 3.85. The van der Waals surface area contributed by atoms with Crippen molar-refractivity contribution in [3.8, 4) is 0 Å². The smallest absolute Gasteiger partial charge is 0.303 e. The van der Waals surface area contributed by atoms with Gasteiger partial charge in [0, 0.05) is 12.7 Å². The van der Waals surface area contributed by atoms with Crippen molar-refractivity contribution >= 4 is 33.9 Å². The number of aliphatic hydroxyl groups excluding tert-OH is 1. The molecule has 5 atom stereocenters. The quantitative estimate of drug-likeness (QED) is 0.519. The predicted molar refractivity (Wildman–Crippen MR) is 134 cm³/mol. The summed E-state index contributed by atoms with van der Waals surface area (Å²) < 4.78 is 25.5. The Morgan fingerprint density at radius 2 is 1.65 bits per heavy atom. The number of hydrogen-bond acceptors (Lipinski definition) is 9. The maximum atomic E-state index is 12.1. The van der Waals surface area contributed by atoms with Crippen molar-refractivity contribution in [1.82, 2.24) is 0 Å². The van der Waals surface area contributed by atoms with Crippen molar-refractivity contribution in [1.29, 1.82) is 0 Å². The highest BCUT2D eigenvalue weighted by atomic mass is 32.2. The Morgan fingerprint density at radius 3 is 2.18 bits per heavy atom. The molecule has 0 saturated carbocycles. The van der Waals surface area contributed by atoms with Gasteiger partial charge in [0.15, 0.2) is 6.10 Å². The molecule has 0 aromatic heterocycles. The van der Waals surface area contributed by atoms with Crippen LogP contribution in [0.25, 0.3) is 0 Å². The maximum absolute atomic E-state index is 12.1. The molecule has 1 fully saturated rings. The Balaban J connectivity index is 1.59. The summed E-state index contributed by atoms with van der Waals surface area (Å²) in [6, 6.07) is 19.5. The molecule has 7 nitrogen and oxygen atoms in total. The normalized spacial score (nSPS) is 26.8. The Bertz CT molecular complexity index is 945. The molecule has 2 aromatic rings. The average molecular weight is 504 g/mol. The van der Waals surface area contributed by atoms with Crippen molar-refractivity contribution < 1.29 is 28.8 Å². The number of aliphatic hydroxyl groups is 1. The highest BCUT2D eigenvalue weighted by Crippen LogP contribution is 2.37. The monoisotopic (exact) mass is 503 g/mol. The van der Waals surface area contributed by atoms with Crippen molar-refractivity contribution in [2.24, 2.45) is 4.99 Å². The van der Waals surface area contributed by atoms with Crippen LogP contribution in [0.4, 0.5) is 0 Å². The number of carbonyl (C=O) groups excluding carboxylic acids is 1. The van der Waals surface area contributed by atoms with Gasteiger partial charge in [-0.1, -0.05) is 84.2 Å². The molecule has 182 valence electrons. The maximum Gasteiger partial charge on any atom is 0.303 e. The van der Waals surface area contributed by atoms with Crippen LogP contribution in [0.3, 0.4) is 0 Å². The van der Waals surface area contributed by atoms with Crippen LogP contribution in [0.1, 0.15) is 18.1 Å². The van der Waals surface area contributed by atoms with Gasteiger partial charge < -0.3 is 24.1 Å². The number of rotatable bonds is 9. The van der Waals surface area contributed by atoms with Crippen LogP contribution < -0.4 is 0 Å². The topological polar surface area (TPSA) is 86.6 Å². The standard InChI is InChI=1S/C25H29NO6S2/c1-17(28)31-23-22(30-16-19-10-6-3-7-11-19)21(29-15-18-8-4-2-5-9-18)20(14-27)32-24(23)34-25-26-12-13-33-25/h2-11,20-24,27H,12-16H2,1H3/t20-,21-,22+,23-,24+/m1/s1. The third-order valence-electron chi connectivity index (χ3n) is 5.42. The van der Waals surface area contributed by atoms with Crippen molar-refractivity contribution in [3.63, 3.8) is 0 Å². The van der Waals surface area contributed by atoms with E-state index >= 15 is 0 Å². The lowest BCUT2D eigenvalue weighted by Gasteiger charge is -2.45. The van der Waals surface area contributed by atoms with Crippen LogP contribution in [-0.2, 0) is 37.0 Å². The zero-order chi connectivity index (χ0) is 23.8. The molecule has 34 heavy (non-hydrogen) atoms. The zero-order valence-corrected chi connectivity index (χ0v) is 20.6. The number of esters is 1. The van der Waals surface area contributed by atoms with Crippen LogP contribution in [-0.4, -0.2) is 64.2 Å². The van der Waals surface area contributed by atoms with Gasteiger partial charge in [-0.15, -0.1) is 0 Å². The van der Waals surface area contributed by atoms with Gasteiger partial charge in [-0.2, -0.15) is 0 Å². The second kappa shape index (κ2) is 12.7. The van der Waals surface area contributed by atoms with Gasteiger partial charge in [0.1, 0.15) is 28.1 Å². The first-order valence-corrected chi connectivity index (χ1v) is 13.1. The third-order valence-corrected chi connectivity index (χ3v) is 7.77. The average Bonchev–Trinajstić information content (AvgIpc) is 3.37. The minimum Gasteiger partial charge on any atom is -0.456 e. The number of ether oxygens (including phenoxy) is 4. The number of aliphatic imine (C=N–C) groups is 1. The molecule has 0 radical (unpaired) electrons. The number of thioether (sulfide) groups is 2. The van der Waals surface area contributed by atoms with Crippen LogP contribution >= 0.6 is 23.5 Å². The first-order chi connectivity index (χ1) is 16.6. The van der Waals surface area contributed by atoms with E-state index in [-0.39, 0.29) is 6.61 Å². The summed E-state index contributed by atoms with van der Waals surface area (Å²) in [4.78, 5) is 16.6. The molecule has 0 spiro atoms. The van der Waals surface area contributed by atoms with E-state index in [0.717, 1.165) is 27.8 Å². The summed E-state index contributed by atoms with van der Waals surface area (Å²) in [5.74, 6) is 0.478. The Labute approximate surface area is 208 Å². The lowest BCUT2D eigenvalue weighted by Crippen LogP contribution is -2.60. The van der Waals surface area contributed by atoms with Gasteiger partial charge in [0.05, 0.1) is 26.4 Å². The molecule has 2 aromatic carbocycles. The Morgan fingerprint density at radius 1 is 1.03 bits per heavy atom. The molecule has 0 unspecified atom stereocenters. The van der Waals surface area contributed by atoms with Crippen LogP contribution in [0, 0.1) is 0 Å². The number of benzene rings is 2. The summed E-state index contributed by atoms with van der Waals surface area (Å²) in [6.07, 6.45) is -2.68. The van der Waals surface area contributed by atoms with E-state index in [1.165, 1.54) is 18.7 Å². The molecule has 2 heterocycles. The lowest BCUT2D eigenvalue weighted by atomic mass is 9.99. The molecule has 9 heteroatoms. The zero-order valence-electron chi connectivity index (χ0n) is 18.9. The SMILES string of the molecule is CC(=O)O[C@@H]1[C@@H](OCc2ccccc2)[C@H](OCc2ccccc2)[C@@H](CO)O[C@H]1SC1=NCCS1. The van der Waals surface area contributed by atoms with Gasteiger partial charge in [0.25, 0.3) is 0 Å². The van der Waals surface area contributed by atoms with Crippen LogP contribution in [0.5, 0.6) is 0 Å². The molecule has 4 rings (SSSR count). The molecule has 1 N–H and O–H groups in total. The fraction of sp³-hybridized carbons (Fsp3) is 0.440. The largest absolute Gasteiger partial charge is 0.456 e. The molecular weight excluding hydrogens is 474 g/mol. The van der Waals surface area contributed by atoms with Crippen LogP contribution in [0.2, 0.25) is 0 Å². The summed E-state index contributed by atoms with van der Waals surface area (Å²) in [6.45, 7) is 2.48. The Kier molecular flexibility index (Phi) is 9.43. The van der Waals surface area contributed by atoms with E-state index in [2.05, 4.69) is 4.99 Å². The van der Waals surface area contributed by atoms with Gasteiger partial charge in [-0.25, -0.2) is 0 Å². The molecule has 0 aliphatic carbocycles. The molecule has 1 saturated heterocycles. The van der Waals surface area contributed by atoms with E-state index < -0.39 is 35.8 Å². The van der Waals surface area contributed by atoms with E-state index in [1.807, 2.05) is 60.7 Å². The minimum absolute atomic E-state index is 0.256. The molecule has 2 aliphatic rings. The highest BCUT2D eigenvalue weighted by molar-refractivity contribution is 8.39. The van der Waals surface area contributed by atoms with E-state index in [0.29, 0.717) is 13.2 Å². The van der Waals surface area contributed by atoms with Gasteiger partial charge in [-0.3, -0.25) is 9.79 Å². The van der Waals surface area contributed by atoms with E-state index in [9.17, 15) is 9.90 Å². The van der Waals surface area contributed by atoms with Gasteiger partial charge in [0.2, 0.25) is 0 Å². The number of hydrogen-bond donors (Lipinski definition) is 1. The predicted octanol–water partition coefficient (Wildman–Crippen LogP) is 3.64. The van der Waals surface area contributed by atoms with Crippen molar-refractivity contribution in [2.45, 2.75) is 50.0 Å². The van der Waals surface area contributed by atoms with E-state index in [1.54, 1.807) is 11.8 Å².